The molecule has 0 atom stereocenters. The van der Waals surface area contributed by atoms with Gasteiger partial charge in [-0.3, -0.25) is 0 Å². The zero-order chi connectivity index (χ0) is 15.3. The number of hydrogen-bond donors (Lipinski definition) is 0. The molecular formula is C20H29N. The molecule has 1 aliphatic carbocycles. The Kier molecular flexibility index (Phi) is 5.09. The van der Waals surface area contributed by atoms with E-state index in [9.17, 15) is 5.26 Å². The summed E-state index contributed by atoms with van der Waals surface area (Å²) in [4.78, 5) is 0. The molecule has 1 heteroatoms. The van der Waals surface area contributed by atoms with Gasteiger partial charge in [-0.2, -0.15) is 5.26 Å². The van der Waals surface area contributed by atoms with Crippen molar-refractivity contribution in [3.63, 3.8) is 0 Å². The van der Waals surface area contributed by atoms with Gasteiger partial charge in [0.25, 0.3) is 0 Å². The molecule has 21 heavy (non-hydrogen) atoms. The van der Waals surface area contributed by atoms with Crippen LogP contribution < -0.4 is 0 Å². The number of benzene rings is 1. The van der Waals surface area contributed by atoms with Gasteiger partial charge in [0, 0.05) is 0 Å². The van der Waals surface area contributed by atoms with Crippen LogP contribution in [0.25, 0.3) is 0 Å². The fourth-order valence-electron chi connectivity index (χ4n) is 3.73. The van der Waals surface area contributed by atoms with Gasteiger partial charge in [0.1, 0.15) is 0 Å². The average Bonchev–Trinajstić information content (AvgIpc) is 2.48. The van der Waals surface area contributed by atoms with Crippen LogP contribution in [0.1, 0.15) is 64.9 Å². The lowest BCUT2D eigenvalue weighted by atomic mass is 9.63. The van der Waals surface area contributed by atoms with Crippen LogP contribution in [-0.2, 0) is 6.42 Å². The third kappa shape index (κ3) is 4.34. The smallest absolute Gasteiger partial charge is 0.0689 e. The molecule has 1 aromatic rings. The Morgan fingerprint density at radius 2 is 1.76 bits per heavy atom. The normalized spacial score (nSPS) is 26.3. The van der Waals surface area contributed by atoms with E-state index in [1.165, 1.54) is 18.4 Å². The van der Waals surface area contributed by atoms with Crippen LogP contribution in [0.2, 0.25) is 0 Å². The maximum Gasteiger partial charge on any atom is 0.0689 e. The van der Waals surface area contributed by atoms with Crippen molar-refractivity contribution in [3.05, 3.63) is 35.9 Å². The van der Waals surface area contributed by atoms with Gasteiger partial charge in [-0.15, -0.1) is 0 Å². The van der Waals surface area contributed by atoms with Gasteiger partial charge < -0.3 is 0 Å². The maximum atomic E-state index is 9.68. The predicted octanol–water partition coefficient (Wildman–Crippen LogP) is 5.76. The summed E-state index contributed by atoms with van der Waals surface area (Å²) >= 11 is 0. The minimum Gasteiger partial charge on any atom is -0.198 e. The Hall–Kier alpha value is -1.29. The van der Waals surface area contributed by atoms with E-state index in [0.29, 0.717) is 5.41 Å². The van der Waals surface area contributed by atoms with Crippen molar-refractivity contribution in [2.24, 2.45) is 16.7 Å². The molecule has 0 bridgehead atoms. The van der Waals surface area contributed by atoms with Crippen LogP contribution in [0, 0.1) is 28.1 Å². The standard InChI is InChI=1S/C20H29N/c1-19(2,3)18-11-14-20(16-21,15-12-18)13-7-10-17-8-5-4-6-9-17/h4-6,8-9,18H,7,10-15H2,1-3H3. The van der Waals surface area contributed by atoms with Crippen molar-refractivity contribution in [2.75, 3.05) is 0 Å². The second-order valence-corrected chi connectivity index (χ2v) is 7.87. The molecule has 0 spiro atoms. The van der Waals surface area contributed by atoms with Gasteiger partial charge in [-0.1, -0.05) is 51.1 Å². The SMILES string of the molecule is CC(C)(C)C1CCC(C#N)(CCCc2ccccc2)CC1. The molecule has 1 nitrogen and oxygen atoms in total. The first-order chi connectivity index (χ1) is 9.95. The predicted molar refractivity (Wildman–Crippen MR) is 88.8 cm³/mol. The number of nitrogens with zero attached hydrogens (tertiary/aromatic N) is 1. The van der Waals surface area contributed by atoms with Gasteiger partial charge in [-0.25, -0.2) is 0 Å². The number of hydrogen-bond acceptors (Lipinski definition) is 1. The second-order valence-electron chi connectivity index (χ2n) is 7.87. The quantitative estimate of drug-likeness (QED) is 0.689. The first-order valence-corrected chi connectivity index (χ1v) is 8.40. The fourth-order valence-corrected chi connectivity index (χ4v) is 3.73. The van der Waals surface area contributed by atoms with Crippen LogP contribution in [0.15, 0.2) is 30.3 Å². The summed E-state index contributed by atoms with van der Waals surface area (Å²) in [6, 6.07) is 13.3. The molecule has 0 aliphatic heterocycles. The molecule has 114 valence electrons. The summed E-state index contributed by atoms with van der Waals surface area (Å²) < 4.78 is 0. The molecule has 0 radical (unpaired) electrons. The molecule has 0 aromatic heterocycles. The summed E-state index contributed by atoms with van der Waals surface area (Å²) in [5.41, 5.74) is 1.75. The highest BCUT2D eigenvalue weighted by Gasteiger charge is 2.38. The Morgan fingerprint density at radius 1 is 1.14 bits per heavy atom. The van der Waals surface area contributed by atoms with E-state index in [1.807, 2.05) is 0 Å². The molecule has 0 amide bonds. The third-order valence-corrected chi connectivity index (χ3v) is 5.37. The van der Waals surface area contributed by atoms with E-state index in [2.05, 4.69) is 57.2 Å². The lowest BCUT2D eigenvalue weighted by molar-refractivity contribution is 0.114. The first kappa shape index (κ1) is 16.1. The van der Waals surface area contributed by atoms with Crippen molar-refractivity contribution in [1.29, 1.82) is 5.26 Å². The lowest BCUT2D eigenvalue weighted by Gasteiger charge is -2.40. The van der Waals surface area contributed by atoms with E-state index in [4.69, 9.17) is 0 Å². The second kappa shape index (κ2) is 6.65. The monoisotopic (exact) mass is 283 g/mol. The summed E-state index contributed by atoms with van der Waals surface area (Å²) in [7, 11) is 0. The Balaban J connectivity index is 1.85. The summed E-state index contributed by atoms with van der Waals surface area (Å²) in [6.07, 6.45) is 7.95. The molecule has 0 saturated heterocycles. The number of aryl methyl sites for hydroxylation is 1. The third-order valence-electron chi connectivity index (χ3n) is 5.37. The Bertz CT molecular complexity index is 467. The van der Waals surface area contributed by atoms with E-state index in [-0.39, 0.29) is 5.41 Å². The van der Waals surface area contributed by atoms with Crippen molar-refractivity contribution < 1.29 is 0 Å². The van der Waals surface area contributed by atoms with Gasteiger partial charge >= 0.3 is 0 Å². The van der Waals surface area contributed by atoms with Crippen LogP contribution >= 0.6 is 0 Å². The Labute approximate surface area is 130 Å². The minimum absolute atomic E-state index is 0.0451. The zero-order valence-electron chi connectivity index (χ0n) is 13.9. The largest absolute Gasteiger partial charge is 0.198 e. The molecule has 1 aliphatic rings. The van der Waals surface area contributed by atoms with Crippen LogP contribution in [0.4, 0.5) is 0 Å². The Morgan fingerprint density at radius 3 is 2.29 bits per heavy atom. The number of nitriles is 1. The van der Waals surface area contributed by atoms with Crippen LogP contribution in [0.3, 0.4) is 0 Å². The topological polar surface area (TPSA) is 23.8 Å². The van der Waals surface area contributed by atoms with Gasteiger partial charge in [0.2, 0.25) is 0 Å². The van der Waals surface area contributed by atoms with Crippen molar-refractivity contribution >= 4 is 0 Å². The lowest BCUT2D eigenvalue weighted by Crippen LogP contribution is -2.31. The van der Waals surface area contributed by atoms with Crippen LogP contribution in [0.5, 0.6) is 0 Å². The van der Waals surface area contributed by atoms with E-state index in [1.54, 1.807) is 0 Å². The molecule has 0 unspecified atom stereocenters. The molecular weight excluding hydrogens is 254 g/mol. The molecule has 0 heterocycles. The van der Waals surface area contributed by atoms with Crippen LogP contribution in [-0.4, -0.2) is 0 Å². The van der Waals surface area contributed by atoms with Crippen molar-refractivity contribution in [2.45, 2.75) is 65.7 Å². The van der Waals surface area contributed by atoms with Crippen molar-refractivity contribution in [1.82, 2.24) is 0 Å². The fraction of sp³-hybridized carbons (Fsp3) is 0.650. The van der Waals surface area contributed by atoms with E-state index in [0.717, 1.165) is 38.0 Å². The highest BCUT2D eigenvalue weighted by atomic mass is 14.4. The molecule has 2 rings (SSSR count). The molecule has 1 saturated carbocycles. The zero-order valence-corrected chi connectivity index (χ0v) is 13.9. The van der Waals surface area contributed by atoms with Gasteiger partial charge in [0.05, 0.1) is 11.5 Å². The maximum absolute atomic E-state index is 9.68. The summed E-state index contributed by atoms with van der Waals surface area (Å²) in [5.74, 6) is 0.785. The minimum atomic E-state index is -0.0451. The molecule has 1 aromatic carbocycles. The first-order valence-electron chi connectivity index (χ1n) is 8.40. The average molecular weight is 283 g/mol. The molecule has 0 N–H and O–H groups in total. The van der Waals surface area contributed by atoms with Gasteiger partial charge in [0.15, 0.2) is 0 Å². The number of rotatable bonds is 4. The summed E-state index contributed by atoms with van der Waals surface area (Å²) in [5, 5.41) is 9.68. The highest BCUT2D eigenvalue weighted by Crippen LogP contribution is 2.47. The van der Waals surface area contributed by atoms with E-state index < -0.39 is 0 Å². The van der Waals surface area contributed by atoms with Crippen molar-refractivity contribution in [3.8, 4) is 6.07 Å². The van der Waals surface area contributed by atoms with E-state index >= 15 is 0 Å². The van der Waals surface area contributed by atoms with Gasteiger partial charge in [-0.05, 0) is 61.8 Å². The highest BCUT2D eigenvalue weighted by molar-refractivity contribution is 5.15. The summed E-state index contributed by atoms with van der Waals surface area (Å²) in [6.45, 7) is 7.02. The molecule has 1 fully saturated rings.